The SMILES string of the molecule is CCCNc1nccc(-c2c(-c3ccc(F)cc3)nc3n2C(Cn2cccc2)CC3)n1.CCNc1nccc(-c2c(-c3ccc(F)cc3)nc3n2C(Cn2cccc2)CC3)n1.Fc1ccc(-c2nc3n(c2-c2ccnc(NC4CCC4)n2)C(Cn2cccc2)CC3)cc1.Fc1ccc(-c2nc3n(c2-c2ccnc(NCC4CC4)n2)C(CNc2ccc4ccccc4n2)CC3)cc1. The number of para-hydroxylation sites is 1. The molecule has 0 spiro atoms. The van der Waals surface area contributed by atoms with E-state index in [1.807, 2.05) is 85.9 Å². The molecule has 23 rings (SSSR count). The summed E-state index contributed by atoms with van der Waals surface area (Å²) in [6.07, 6.45) is 34.5. The van der Waals surface area contributed by atoms with Crippen LogP contribution in [0.5, 0.6) is 0 Å². The first-order chi connectivity index (χ1) is 64.4. The zero-order valence-corrected chi connectivity index (χ0v) is 73.0. The average molecular weight is 1750 g/mol. The lowest BCUT2D eigenvalue weighted by atomic mass is 9.93. The predicted octanol–water partition coefficient (Wildman–Crippen LogP) is 20.7. The van der Waals surface area contributed by atoms with E-state index in [1.54, 1.807) is 67.1 Å². The minimum Gasteiger partial charge on any atom is -0.368 e. The van der Waals surface area contributed by atoms with Crippen LogP contribution in [0, 0.1) is 29.2 Å². The van der Waals surface area contributed by atoms with Crippen molar-refractivity contribution in [3.05, 3.63) is 303 Å². The van der Waals surface area contributed by atoms with Crippen LogP contribution in [0.3, 0.4) is 0 Å². The lowest BCUT2D eigenvalue weighted by Gasteiger charge is -2.26. The number of hydrogen-bond donors (Lipinski definition) is 5. The molecule has 0 amide bonds. The summed E-state index contributed by atoms with van der Waals surface area (Å²) >= 11 is 0. The van der Waals surface area contributed by atoms with Gasteiger partial charge in [0.1, 0.15) is 52.4 Å². The van der Waals surface area contributed by atoms with Crippen molar-refractivity contribution >= 4 is 40.5 Å². The van der Waals surface area contributed by atoms with E-state index >= 15 is 0 Å². The van der Waals surface area contributed by atoms with Crippen molar-refractivity contribution in [3.8, 4) is 90.6 Å². The molecule has 2 fully saturated rings. The number of aromatic nitrogens is 20. The first-order valence-electron chi connectivity index (χ1n) is 45.6. The first kappa shape index (κ1) is 84.4. The molecule has 4 atom stereocenters. The van der Waals surface area contributed by atoms with E-state index in [2.05, 4.69) is 147 Å². The molecule has 0 radical (unpaired) electrons. The van der Waals surface area contributed by atoms with Crippen LogP contribution in [0.1, 0.15) is 126 Å². The molecule has 16 heterocycles. The van der Waals surface area contributed by atoms with E-state index in [1.165, 1.54) is 67.8 Å². The molecule has 0 bridgehead atoms. The molecular formula is C102H101F4N25. The molecule has 17 aromatic rings. The highest BCUT2D eigenvalue weighted by molar-refractivity contribution is 5.83. The monoisotopic (exact) mass is 1750 g/mol. The molecule has 131 heavy (non-hydrogen) atoms. The van der Waals surface area contributed by atoms with Crippen molar-refractivity contribution in [1.82, 2.24) is 96.8 Å². The molecule has 5 aromatic carbocycles. The van der Waals surface area contributed by atoms with Crippen molar-refractivity contribution in [2.24, 2.45) is 5.92 Å². The van der Waals surface area contributed by atoms with E-state index in [0.29, 0.717) is 36.4 Å². The smallest absolute Gasteiger partial charge is 0.223 e. The molecule has 12 aromatic heterocycles. The Morgan fingerprint density at radius 3 is 1.08 bits per heavy atom. The molecule has 6 aliphatic rings. The fourth-order valence-corrected chi connectivity index (χ4v) is 18.4. The molecular weight excluding hydrogens is 1650 g/mol. The average Bonchev–Trinajstić information content (AvgIpc) is 1.61. The van der Waals surface area contributed by atoms with Crippen LogP contribution >= 0.6 is 0 Å². The lowest BCUT2D eigenvalue weighted by molar-refractivity contribution is 0.443. The van der Waals surface area contributed by atoms with Gasteiger partial charge in [0.25, 0.3) is 0 Å². The van der Waals surface area contributed by atoms with Gasteiger partial charge in [-0.2, -0.15) is 0 Å². The van der Waals surface area contributed by atoms with Gasteiger partial charge in [0.2, 0.25) is 23.8 Å². The molecule has 25 nitrogen and oxygen atoms in total. The summed E-state index contributed by atoms with van der Waals surface area (Å²) in [6.45, 7) is 9.92. The number of pyridine rings is 1. The number of rotatable bonds is 27. The lowest BCUT2D eigenvalue weighted by Crippen LogP contribution is -2.28. The van der Waals surface area contributed by atoms with E-state index in [4.69, 9.17) is 44.9 Å². The summed E-state index contributed by atoms with van der Waals surface area (Å²) in [5.74, 6) is 7.21. The summed E-state index contributed by atoms with van der Waals surface area (Å²) in [5.41, 5.74) is 15.0. The van der Waals surface area contributed by atoms with E-state index in [9.17, 15) is 17.6 Å². The standard InChI is InChI=1S/C30H28FN7.C25H25FN6.C24H25FN6.C23H23FN6/c31-22-10-7-21(8-11-22)28-29(25-15-16-32-30(36-25)34-17-19-5-6-19)38-23(12-14-27(38)37-28)18-33-26-13-9-20-3-1-2-4-24(20)35-26;26-18-8-6-17(7-9-18)23-24(21-12-13-27-25(29-21)28-19-4-3-5-19)32-20(10-11-22(32)30-23)16-31-14-1-2-15-31;1-2-12-26-24-27-13-11-20(28-24)23-22(17-5-7-18(25)8-6-17)29-21-10-9-19(31(21)23)16-30-14-3-4-15-30;1-2-25-23-26-12-11-19(27-23)22-21(16-5-7-17(24)8-6-16)28-20-10-9-18(30(20)22)15-29-13-3-4-14-29/h1-4,7-11,13,15-16,19,23H,5-6,12,14,17-18H2,(H,33,35)(H,32,34,36);1-2,6-9,12-15,19-20H,3-5,10-11,16H2,(H,27,28,29);3-8,11,13-15,19H,2,9-10,12,16H2,1H3,(H,26,27,28);3-8,11-14,18H,2,9-10,15H2,1H3,(H,25,26,27). The Hall–Kier alpha value is -14.8. The number of anilines is 5. The van der Waals surface area contributed by atoms with Gasteiger partial charge >= 0.3 is 0 Å². The summed E-state index contributed by atoms with van der Waals surface area (Å²) in [7, 11) is 0. The Morgan fingerprint density at radius 1 is 0.328 bits per heavy atom. The Kier molecular flexibility index (Phi) is 24.7. The fraction of sp³-hybridized carbons (Fsp3) is 0.284. The minimum absolute atomic E-state index is 0.174. The highest BCUT2D eigenvalue weighted by Crippen LogP contribution is 2.46. The number of aryl methyl sites for hydroxylation is 4. The minimum atomic E-state index is -0.263. The van der Waals surface area contributed by atoms with Crippen molar-refractivity contribution in [2.75, 3.05) is 52.8 Å². The quantitative estimate of drug-likeness (QED) is 0.0300. The van der Waals surface area contributed by atoms with Gasteiger partial charge < -0.3 is 58.6 Å². The maximum Gasteiger partial charge on any atom is 0.223 e. The van der Waals surface area contributed by atoms with Crippen LogP contribution < -0.4 is 26.6 Å². The van der Waals surface area contributed by atoms with Crippen LogP contribution in [0.15, 0.2) is 256 Å². The molecule has 662 valence electrons. The van der Waals surface area contributed by atoms with Crippen LogP contribution in [0.2, 0.25) is 0 Å². The van der Waals surface area contributed by atoms with Gasteiger partial charge in [0.15, 0.2) is 0 Å². The van der Waals surface area contributed by atoms with Gasteiger partial charge in [0.05, 0.1) is 98.0 Å². The number of imidazole rings is 4. The number of benzene rings is 5. The first-order valence-corrected chi connectivity index (χ1v) is 45.6. The second kappa shape index (κ2) is 38.3. The zero-order valence-electron chi connectivity index (χ0n) is 73.0. The number of hydrogen-bond acceptors (Lipinski definition) is 18. The summed E-state index contributed by atoms with van der Waals surface area (Å²) in [6, 6.07) is 59.9. The van der Waals surface area contributed by atoms with Gasteiger partial charge in [-0.15, -0.1) is 0 Å². The van der Waals surface area contributed by atoms with Crippen LogP contribution in [-0.2, 0) is 45.3 Å². The molecule has 0 saturated heterocycles. The van der Waals surface area contributed by atoms with Crippen LogP contribution in [-0.4, -0.2) is 129 Å². The largest absolute Gasteiger partial charge is 0.368 e. The zero-order chi connectivity index (χ0) is 88.7. The van der Waals surface area contributed by atoms with Crippen molar-refractivity contribution < 1.29 is 17.6 Å². The Bertz CT molecular complexity index is 6760. The summed E-state index contributed by atoms with van der Waals surface area (Å²) < 4.78 is 70.4. The fourth-order valence-electron chi connectivity index (χ4n) is 18.4. The second-order valence-electron chi connectivity index (χ2n) is 34.2. The summed E-state index contributed by atoms with van der Waals surface area (Å²) in [5, 5.41) is 18.0. The predicted molar refractivity (Wildman–Crippen MR) is 503 cm³/mol. The van der Waals surface area contributed by atoms with Gasteiger partial charge in [-0.25, -0.2) is 82.4 Å². The Balaban J connectivity index is 0.000000110. The van der Waals surface area contributed by atoms with Crippen molar-refractivity contribution in [3.63, 3.8) is 0 Å². The van der Waals surface area contributed by atoms with Crippen molar-refractivity contribution in [1.29, 1.82) is 0 Å². The number of nitrogens with zero attached hydrogens (tertiary/aromatic N) is 20. The molecule has 5 N–H and O–H groups in total. The van der Waals surface area contributed by atoms with Gasteiger partial charge in [-0.3, -0.25) is 0 Å². The third kappa shape index (κ3) is 18.8. The number of halogens is 4. The molecule has 2 saturated carbocycles. The molecule has 4 aliphatic heterocycles. The third-order valence-electron chi connectivity index (χ3n) is 25.2. The van der Waals surface area contributed by atoms with Gasteiger partial charge in [-0.05, 0) is 253 Å². The number of fused-ring (bicyclic) bond motifs is 5. The highest BCUT2D eigenvalue weighted by Gasteiger charge is 2.37. The normalized spacial score (nSPS) is 16.3. The van der Waals surface area contributed by atoms with Gasteiger partial charge in [0, 0.05) is 167 Å². The second-order valence-corrected chi connectivity index (χ2v) is 34.2. The molecule has 2 aliphatic carbocycles. The Labute approximate surface area is 756 Å². The van der Waals surface area contributed by atoms with Gasteiger partial charge in [-0.1, -0.05) is 25.1 Å². The molecule has 29 heteroatoms. The molecule has 4 unspecified atom stereocenters. The van der Waals surface area contributed by atoms with E-state index < -0.39 is 0 Å². The van der Waals surface area contributed by atoms with Crippen LogP contribution in [0.25, 0.3) is 101 Å². The van der Waals surface area contributed by atoms with Crippen molar-refractivity contribution in [2.45, 2.75) is 154 Å². The number of nitrogens with one attached hydrogen (secondary N) is 5. The van der Waals surface area contributed by atoms with Crippen LogP contribution in [0.4, 0.5) is 47.2 Å². The maximum absolute atomic E-state index is 13.7. The van der Waals surface area contributed by atoms with E-state index in [0.717, 1.165) is 246 Å². The summed E-state index contributed by atoms with van der Waals surface area (Å²) in [4.78, 5) is 61.7. The van der Waals surface area contributed by atoms with E-state index in [-0.39, 0.29) is 47.4 Å². The third-order valence-corrected chi connectivity index (χ3v) is 25.2. The highest BCUT2D eigenvalue weighted by atomic mass is 19.1. The Morgan fingerprint density at radius 2 is 0.695 bits per heavy atom. The topological polar surface area (TPSA) is 262 Å². The maximum atomic E-state index is 13.7.